The van der Waals surface area contributed by atoms with Crippen molar-refractivity contribution >= 4 is 11.8 Å². The number of carbonyl (C=O) groups is 2. The van der Waals surface area contributed by atoms with Crippen molar-refractivity contribution in [2.45, 2.75) is 31.7 Å². The molecule has 0 saturated carbocycles. The summed E-state index contributed by atoms with van der Waals surface area (Å²) in [7, 11) is 0. The minimum atomic E-state index is -0.263. The van der Waals surface area contributed by atoms with E-state index in [0.29, 0.717) is 31.4 Å². The van der Waals surface area contributed by atoms with E-state index >= 15 is 0 Å². The van der Waals surface area contributed by atoms with Gasteiger partial charge in [0, 0.05) is 38.0 Å². The minimum Gasteiger partial charge on any atom is -0.488 e. The van der Waals surface area contributed by atoms with Gasteiger partial charge in [0.1, 0.15) is 12.6 Å². The van der Waals surface area contributed by atoms with Crippen molar-refractivity contribution in [1.29, 1.82) is 0 Å². The number of nitrogens with one attached hydrogen (secondary N) is 2. The van der Waals surface area contributed by atoms with E-state index in [1.165, 1.54) is 5.70 Å². The van der Waals surface area contributed by atoms with E-state index in [-0.39, 0.29) is 17.9 Å². The topological polar surface area (TPSA) is 73.9 Å². The molecule has 1 spiro atoms. The van der Waals surface area contributed by atoms with Gasteiger partial charge in [0.15, 0.2) is 5.76 Å². The van der Waals surface area contributed by atoms with Crippen LogP contribution in [0.2, 0.25) is 0 Å². The fourth-order valence-corrected chi connectivity index (χ4v) is 4.73. The number of rotatable bonds is 2. The number of carbonyl (C=O) groups excluding carboxylic acids is 2. The number of fused-ring (bicyclic) bond motifs is 1. The molecule has 25 heavy (non-hydrogen) atoms. The lowest BCUT2D eigenvalue weighted by atomic mass is 9.74. The Labute approximate surface area is 147 Å². The van der Waals surface area contributed by atoms with Gasteiger partial charge >= 0.3 is 0 Å². The third-order valence-electron chi connectivity index (χ3n) is 6.12. The number of piperidine rings is 1. The average molecular weight is 344 g/mol. The maximum atomic E-state index is 12.3. The first-order valence-electron chi connectivity index (χ1n) is 9.28. The molecule has 4 heterocycles. The van der Waals surface area contributed by atoms with Crippen molar-refractivity contribution < 1.29 is 14.3 Å². The van der Waals surface area contributed by atoms with E-state index in [9.17, 15) is 9.59 Å². The molecule has 0 aromatic rings. The molecule has 7 nitrogen and oxygen atoms in total. The number of amides is 2. The number of nitrogens with zero attached hydrogens (tertiary/aromatic N) is 2. The number of likely N-dealkylation sites (tertiary alicyclic amines) is 1. The summed E-state index contributed by atoms with van der Waals surface area (Å²) in [4.78, 5) is 28.4. The Balaban J connectivity index is 1.38. The van der Waals surface area contributed by atoms with Crippen molar-refractivity contribution in [3.63, 3.8) is 0 Å². The van der Waals surface area contributed by atoms with Crippen LogP contribution in [0.25, 0.3) is 0 Å². The molecule has 4 saturated heterocycles. The summed E-state index contributed by atoms with van der Waals surface area (Å²) in [5.74, 6) is 0.627. The molecule has 0 bridgehead atoms. The maximum Gasteiger partial charge on any atom is 0.249 e. The summed E-state index contributed by atoms with van der Waals surface area (Å²) >= 11 is 0. The summed E-state index contributed by atoms with van der Waals surface area (Å²) in [6, 6.07) is -0.263. The monoisotopic (exact) mass is 344 g/mol. The molecule has 4 fully saturated rings. The number of hydrogen-bond acceptors (Lipinski definition) is 6. The van der Waals surface area contributed by atoms with Crippen LogP contribution in [0, 0.1) is 5.41 Å². The molecule has 0 radical (unpaired) electrons. The van der Waals surface area contributed by atoms with E-state index in [1.54, 1.807) is 0 Å². The van der Waals surface area contributed by atoms with Crippen LogP contribution in [0.1, 0.15) is 25.7 Å². The lowest BCUT2D eigenvalue weighted by molar-refractivity contribution is -0.137. The molecule has 7 heteroatoms. The molecule has 5 aliphatic rings. The van der Waals surface area contributed by atoms with Gasteiger partial charge in [0.25, 0.3) is 0 Å². The third kappa shape index (κ3) is 2.36. The smallest absolute Gasteiger partial charge is 0.249 e. The van der Waals surface area contributed by atoms with Gasteiger partial charge in [0.2, 0.25) is 11.8 Å². The zero-order valence-electron chi connectivity index (χ0n) is 14.3. The summed E-state index contributed by atoms with van der Waals surface area (Å²) < 4.78 is 6.06. The summed E-state index contributed by atoms with van der Waals surface area (Å²) in [5.41, 5.74) is 2.83. The normalized spacial score (nSPS) is 30.9. The van der Waals surface area contributed by atoms with Crippen LogP contribution in [0.15, 0.2) is 23.2 Å². The number of morpholine rings is 1. The zero-order chi connectivity index (χ0) is 17.0. The van der Waals surface area contributed by atoms with Gasteiger partial charge in [-0.2, -0.15) is 0 Å². The van der Waals surface area contributed by atoms with E-state index in [2.05, 4.69) is 26.5 Å². The average Bonchev–Trinajstić information content (AvgIpc) is 2.52. The fraction of sp³-hybridized carbons (Fsp3) is 0.667. The van der Waals surface area contributed by atoms with Crippen molar-refractivity contribution in [1.82, 2.24) is 20.4 Å². The lowest BCUT2D eigenvalue weighted by Gasteiger charge is -2.58. The highest BCUT2D eigenvalue weighted by atomic mass is 16.5. The molecule has 2 N–H and O–H groups in total. The largest absolute Gasteiger partial charge is 0.488 e. The number of imide groups is 1. The number of ether oxygens (including phenoxy) is 1. The third-order valence-corrected chi connectivity index (χ3v) is 6.12. The molecule has 1 atom stereocenters. The van der Waals surface area contributed by atoms with Gasteiger partial charge in [-0.15, -0.1) is 0 Å². The van der Waals surface area contributed by atoms with Gasteiger partial charge in [-0.05, 0) is 19.3 Å². The second kappa shape index (κ2) is 5.49. The van der Waals surface area contributed by atoms with Crippen LogP contribution in [-0.2, 0) is 14.3 Å². The molecule has 4 aliphatic heterocycles. The van der Waals surface area contributed by atoms with Gasteiger partial charge in [-0.3, -0.25) is 14.9 Å². The van der Waals surface area contributed by atoms with Crippen molar-refractivity contribution in [2.24, 2.45) is 5.41 Å². The highest BCUT2D eigenvalue weighted by Crippen LogP contribution is 2.42. The zero-order valence-corrected chi connectivity index (χ0v) is 14.3. The van der Waals surface area contributed by atoms with Gasteiger partial charge in [-0.1, -0.05) is 6.08 Å². The van der Waals surface area contributed by atoms with Gasteiger partial charge < -0.3 is 19.9 Å². The highest BCUT2D eigenvalue weighted by molar-refractivity contribution is 6.00. The Morgan fingerprint density at radius 3 is 2.76 bits per heavy atom. The van der Waals surface area contributed by atoms with E-state index in [4.69, 9.17) is 4.74 Å². The van der Waals surface area contributed by atoms with Crippen LogP contribution in [0.4, 0.5) is 0 Å². The molecule has 1 unspecified atom stereocenters. The summed E-state index contributed by atoms with van der Waals surface area (Å²) in [6.45, 7) is 5.75. The Morgan fingerprint density at radius 1 is 1.20 bits per heavy atom. The summed E-state index contributed by atoms with van der Waals surface area (Å²) in [6.07, 6.45) is 5.18. The van der Waals surface area contributed by atoms with E-state index in [1.807, 2.05) is 0 Å². The fourth-order valence-electron chi connectivity index (χ4n) is 4.73. The molecule has 2 amide bonds. The molecular weight excluding hydrogens is 320 g/mol. The molecule has 1 aliphatic carbocycles. The highest BCUT2D eigenvalue weighted by Gasteiger charge is 2.49. The predicted octanol–water partition coefficient (Wildman–Crippen LogP) is -0.0817. The van der Waals surface area contributed by atoms with Gasteiger partial charge in [-0.25, -0.2) is 0 Å². The molecule has 0 aromatic carbocycles. The van der Waals surface area contributed by atoms with Crippen LogP contribution in [0.5, 0.6) is 0 Å². The van der Waals surface area contributed by atoms with Crippen molar-refractivity contribution in [2.75, 3.05) is 39.3 Å². The minimum absolute atomic E-state index is 0.163. The van der Waals surface area contributed by atoms with Crippen LogP contribution in [-0.4, -0.2) is 67.0 Å². The van der Waals surface area contributed by atoms with Gasteiger partial charge in [0.05, 0.1) is 17.9 Å². The maximum absolute atomic E-state index is 12.3. The number of allylic oxidation sites excluding steroid dienone is 2. The SMILES string of the molecule is O=C1CCC(N2CCOC3=C(N4CC5(CNC5)C4)CCC=C32)C(=O)N1. The number of hydrogen-bond donors (Lipinski definition) is 2. The second-order valence-corrected chi connectivity index (χ2v) is 7.87. The molecule has 0 aromatic heterocycles. The summed E-state index contributed by atoms with van der Waals surface area (Å²) in [5, 5.41) is 5.86. The Kier molecular flexibility index (Phi) is 3.35. The first-order chi connectivity index (χ1) is 12.2. The Morgan fingerprint density at radius 2 is 2.04 bits per heavy atom. The van der Waals surface area contributed by atoms with Crippen molar-refractivity contribution in [3.8, 4) is 0 Å². The lowest BCUT2D eigenvalue weighted by Crippen LogP contribution is -2.70. The quantitative estimate of drug-likeness (QED) is 0.683. The molecular formula is C18H24N4O3. The van der Waals surface area contributed by atoms with Crippen molar-refractivity contribution in [3.05, 3.63) is 23.2 Å². The standard InChI is InChI=1S/C18H24N4O3/c23-15-5-4-14(17(24)20-15)22-6-7-25-16-12(2-1-3-13(16)22)21-10-18(11-21)8-19-9-18/h3,14,19H,1-2,4-11H2,(H,20,23,24). The Bertz CT molecular complexity index is 686. The van der Waals surface area contributed by atoms with E-state index in [0.717, 1.165) is 50.5 Å². The van der Waals surface area contributed by atoms with Crippen LogP contribution >= 0.6 is 0 Å². The first-order valence-corrected chi connectivity index (χ1v) is 9.28. The second-order valence-electron chi connectivity index (χ2n) is 7.87. The van der Waals surface area contributed by atoms with Crippen LogP contribution in [0.3, 0.4) is 0 Å². The first kappa shape index (κ1) is 15.3. The molecule has 5 rings (SSSR count). The predicted molar refractivity (Wildman–Crippen MR) is 90.0 cm³/mol. The Hall–Kier alpha value is -2.02. The van der Waals surface area contributed by atoms with E-state index < -0.39 is 0 Å². The van der Waals surface area contributed by atoms with Crippen LogP contribution < -0.4 is 10.6 Å². The molecule has 134 valence electrons.